The van der Waals surface area contributed by atoms with E-state index < -0.39 is 0 Å². The van der Waals surface area contributed by atoms with Crippen molar-refractivity contribution in [3.8, 4) is 33.4 Å². The summed E-state index contributed by atoms with van der Waals surface area (Å²) in [7, 11) is 0. The van der Waals surface area contributed by atoms with Gasteiger partial charge in [-0.2, -0.15) is 0 Å². The summed E-state index contributed by atoms with van der Waals surface area (Å²) in [6, 6.07) is 65.4. The molecule has 3 aliphatic rings. The van der Waals surface area contributed by atoms with Crippen molar-refractivity contribution < 1.29 is 0 Å². The van der Waals surface area contributed by atoms with Gasteiger partial charge in [0.05, 0.1) is 0 Å². The van der Waals surface area contributed by atoms with Crippen molar-refractivity contribution >= 4 is 72.1 Å². The minimum absolute atomic E-state index is 0.313. The van der Waals surface area contributed by atoms with Crippen molar-refractivity contribution in [3.05, 3.63) is 245 Å². The molecule has 3 aliphatic carbocycles. The Bertz CT molecular complexity index is 3650. The predicted octanol–water partition coefficient (Wildman–Crippen LogP) is 16.7. The first-order valence-electron chi connectivity index (χ1n) is 21.8. The zero-order valence-corrected chi connectivity index (χ0v) is 34.1. The Labute approximate surface area is 361 Å². The Morgan fingerprint density at radius 1 is 0.371 bits per heavy atom. The van der Waals surface area contributed by atoms with Gasteiger partial charge in [0.1, 0.15) is 0 Å². The van der Waals surface area contributed by atoms with Gasteiger partial charge in [-0.1, -0.05) is 225 Å². The molecule has 1 unspecified atom stereocenters. The molecule has 0 heteroatoms. The van der Waals surface area contributed by atoms with Gasteiger partial charge >= 0.3 is 0 Å². The van der Waals surface area contributed by atoms with Gasteiger partial charge in [0, 0.05) is 5.92 Å². The van der Waals surface area contributed by atoms with E-state index in [0.717, 1.165) is 6.42 Å². The van der Waals surface area contributed by atoms with E-state index in [1.165, 1.54) is 126 Å². The number of rotatable bonds is 5. The van der Waals surface area contributed by atoms with Crippen molar-refractivity contribution in [3.63, 3.8) is 0 Å². The van der Waals surface area contributed by atoms with Crippen LogP contribution in [0.15, 0.2) is 217 Å². The Kier molecular flexibility index (Phi) is 7.84. The van der Waals surface area contributed by atoms with Crippen LogP contribution in [0.4, 0.5) is 0 Å². The van der Waals surface area contributed by atoms with Crippen molar-refractivity contribution in [2.45, 2.75) is 12.3 Å². The SMILES string of the molecule is C1=CC2=CCc3c(-c4c5ccccc5c(-c5ccc(/C=C/c6ccc(-c7cccc8ccccc78)c7ccccc67)c6ccccc56)c5ccccc45)ccc4c3C2C(=C1)C=C4. The number of benzene rings is 10. The first-order chi connectivity index (χ1) is 30.8. The molecule has 0 N–H and O–H groups in total. The molecule has 0 aromatic heterocycles. The molecule has 0 heterocycles. The third-order valence-corrected chi connectivity index (χ3v) is 13.8. The summed E-state index contributed by atoms with van der Waals surface area (Å²) in [6.45, 7) is 0. The lowest BCUT2D eigenvalue weighted by molar-refractivity contribution is 0.894. The molecule has 10 aromatic rings. The average molecular weight is 785 g/mol. The van der Waals surface area contributed by atoms with E-state index in [9.17, 15) is 0 Å². The van der Waals surface area contributed by atoms with Crippen molar-refractivity contribution in [2.75, 3.05) is 0 Å². The summed E-state index contributed by atoms with van der Waals surface area (Å²) in [6.07, 6.45) is 19.5. The van der Waals surface area contributed by atoms with E-state index in [0.29, 0.717) is 5.92 Å². The molecule has 62 heavy (non-hydrogen) atoms. The van der Waals surface area contributed by atoms with Crippen LogP contribution in [0.25, 0.3) is 105 Å². The molecule has 0 radical (unpaired) electrons. The molecule has 0 spiro atoms. The van der Waals surface area contributed by atoms with E-state index in [2.05, 4.69) is 225 Å². The van der Waals surface area contributed by atoms with Crippen molar-refractivity contribution in [2.24, 2.45) is 0 Å². The van der Waals surface area contributed by atoms with E-state index in [-0.39, 0.29) is 0 Å². The summed E-state index contributed by atoms with van der Waals surface area (Å²) in [5, 5.41) is 12.7. The van der Waals surface area contributed by atoms with Crippen LogP contribution in [0, 0.1) is 0 Å². The molecular formula is C62H40. The monoisotopic (exact) mass is 784 g/mol. The van der Waals surface area contributed by atoms with Crippen LogP contribution in [0.1, 0.15) is 33.7 Å². The molecule has 1 atom stereocenters. The summed E-state index contributed by atoms with van der Waals surface area (Å²) < 4.78 is 0. The van der Waals surface area contributed by atoms with Gasteiger partial charge < -0.3 is 0 Å². The summed E-state index contributed by atoms with van der Waals surface area (Å²) in [5.41, 5.74) is 17.3. The lowest BCUT2D eigenvalue weighted by atomic mass is 9.69. The van der Waals surface area contributed by atoms with E-state index in [4.69, 9.17) is 0 Å². The Hall–Kier alpha value is -7.80. The lowest BCUT2D eigenvalue weighted by Gasteiger charge is -2.34. The van der Waals surface area contributed by atoms with Gasteiger partial charge in [0.2, 0.25) is 0 Å². The predicted molar refractivity (Wildman–Crippen MR) is 266 cm³/mol. The van der Waals surface area contributed by atoms with Crippen molar-refractivity contribution in [1.82, 2.24) is 0 Å². The highest BCUT2D eigenvalue weighted by Crippen LogP contribution is 2.52. The fraction of sp³-hybridized carbons (Fsp3) is 0.0323. The maximum Gasteiger partial charge on any atom is 0.0345 e. The van der Waals surface area contributed by atoms with Crippen LogP contribution < -0.4 is 0 Å². The second-order valence-corrected chi connectivity index (χ2v) is 17.0. The standard InChI is InChI=1S/C62H40/c1-2-17-45-39(13-1)14-12-26-49(45)51-35-31-40(46-18-3-5-20-48(46)51)27-28-41-32-36-56(50-21-6-4-19-47(41)50)61-52-22-7-9-24-54(52)62(55-25-10-8-23-53(55)61)58-38-34-44-30-29-42-15-11-16-43-33-37-57(58)60(44)59(42)43/h1-36,38,59H,37H2/b28-27+. The second kappa shape index (κ2) is 13.9. The first kappa shape index (κ1) is 35.0. The zero-order valence-electron chi connectivity index (χ0n) is 34.1. The molecule has 0 saturated heterocycles. The minimum Gasteiger partial charge on any atom is -0.0759 e. The first-order valence-corrected chi connectivity index (χ1v) is 21.8. The van der Waals surface area contributed by atoms with Gasteiger partial charge in [-0.25, -0.2) is 0 Å². The highest BCUT2D eigenvalue weighted by Gasteiger charge is 2.32. The molecule has 0 nitrogen and oxygen atoms in total. The molecule has 13 rings (SSSR count). The number of fused-ring (bicyclic) bond motifs is 5. The largest absolute Gasteiger partial charge is 0.0759 e. The van der Waals surface area contributed by atoms with Crippen LogP contribution in [0.5, 0.6) is 0 Å². The minimum atomic E-state index is 0.313. The topological polar surface area (TPSA) is 0 Å². The lowest BCUT2D eigenvalue weighted by Crippen LogP contribution is -2.18. The number of hydrogen-bond donors (Lipinski definition) is 0. The van der Waals surface area contributed by atoms with Gasteiger partial charge in [-0.05, 0) is 133 Å². The number of allylic oxidation sites excluding steroid dienone is 7. The molecule has 288 valence electrons. The normalized spacial score (nSPS) is 15.2. The van der Waals surface area contributed by atoms with E-state index in [1.807, 2.05) is 0 Å². The van der Waals surface area contributed by atoms with Crippen LogP contribution in [-0.4, -0.2) is 0 Å². The van der Waals surface area contributed by atoms with E-state index >= 15 is 0 Å². The molecule has 0 amide bonds. The Morgan fingerprint density at radius 3 is 1.56 bits per heavy atom. The third-order valence-electron chi connectivity index (χ3n) is 13.8. The Balaban J connectivity index is 0.964. The maximum absolute atomic E-state index is 2.47. The number of hydrogen-bond acceptors (Lipinski definition) is 0. The summed E-state index contributed by atoms with van der Waals surface area (Å²) >= 11 is 0. The van der Waals surface area contributed by atoms with Gasteiger partial charge in [-0.3, -0.25) is 0 Å². The Morgan fingerprint density at radius 2 is 0.887 bits per heavy atom. The van der Waals surface area contributed by atoms with Crippen molar-refractivity contribution in [1.29, 1.82) is 0 Å². The maximum atomic E-state index is 2.47. The van der Waals surface area contributed by atoms with E-state index in [1.54, 1.807) is 0 Å². The fourth-order valence-corrected chi connectivity index (χ4v) is 11.1. The van der Waals surface area contributed by atoms with Crippen LogP contribution in [0.3, 0.4) is 0 Å². The average Bonchev–Trinajstić information content (AvgIpc) is 3.34. The van der Waals surface area contributed by atoms with Gasteiger partial charge in [0.25, 0.3) is 0 Å². The van der Waals surface area contributed by atoms with Gasteiger partial charge in [0.15, 0.2) is 0 Å². The molecule has 0 bridgehead atoms. The quantitative estimate of drug-likeness (QED) is 0.120. The smallest absolute Gasteiger partial charge is 0.0345 e. The van der Waals surface area contributed by atoms with Crippen LogP contribution >= 0.6 is 0 Å². The highest BCUT2D eigenvalue weighted by molar-refractivity contribution is 6.24. The molecule has 0 fully saturated rings. The summed E-state index contributed by atoms with van der Waals surface area (Å²) in [4.78, 5) is 0. The third kappa shape index (κ3) is 5.27. The molecule has 0 aliphatic heterocycles. The fourth-order valence-electron chi connectivity index (χ4n) is 11.1. The van der Waals surface area contributed by atoms with Crippen LogP contribution in [-0.2, 0) is 6.42 Å². The zero-order chi connectivity index (χ0) is 40.7. The second-order valence-electron chi connectivity index (χ2n) is 17.0. The molecule has 0 saturated carbocycles. The van der Waals surface area contributed by atoms with Crippen LogP contribution in [0.2, 0.25) is 0 Å². The highest BCUT2D eigenvalue weighted by atomic mass is 14.4. The molecular weight excluding hydrogens is 745 g/mol. The molecule has 10 aromatic carbocycles. The van der Waals surface area contributed by atoms with Gasteiger partial charge in [-0.15, -0.1) is 0 Å². The summed E-state index contributed by atoms with van der Waals surface area (Å²) in [5.74, 6) is 0.313.